The smallest absolute Gasteiger partial charge is 0.177 e. The zero-order chi connectivity index (χ0) is 19.0. The summed E-state index contributed by atoms with van der Waals surface area (Å²) in [5.74, 6) is 1.76. The second kappa shape index (κ2) is 7.27. The molecule has 1 fully saturated rings. The van der Waals surface area contributed by atoms with E-state index >= 15 is 0 Å². The molecule has 7 nitrogen and oxygen atoms in total. The molecule has 4 rings (SSSR count). The van der Waals surface area contributed by atoms with E-state index in [1.807, 2.05) is 18.2 Å². The Morgan fingerprint density at radius 2 is 2.22 bits per heavy atom. The molecule has 2 N–H and O–H groups in total. The van der Waals surface area contributed by atoms with E-state index in [2.05, 4.69) is 26.8 Å². The Morgan fingerprint density at radius 3 is 2.93 bits per heavy atom. The molecule has 138 valence electrons. The lowest BCUT2D eigenvalue weighted by molar-refractivity contribution is 0.600. The molecule has 1 saturated carbocycles. The summed E-state index contributed by atoms with van der Waals surface area (Å²) in [5.41, 5.74) is 2.50. The maximum atomic E-state index is 11.5. The molecule has 0 amide bonds. The van der Waals surface area contributed by atoms with Gasteiger partial charge in [-0.15, -0.1) is 0 Å². The Kier molecular flexibility index (Phi) is 4.83. The Balaban J connectivity index is 1.70. The quantitative estimate of drug-likeness (QED) is 0.614. The average Bonchev–Trinajstić information content (AvgIpc) is 3.34. The summed E-state index contributed by atoms with van der Waals surface area (Å²) < 4.78 is 13.2. The molecule has 0 bridgehead atoms. The van der Waals surface area contributed by atoms with Crippen LogP contribution in [0.1, 0.15) is 24.0 Å². The first-order valence-corrected chi connectivity index (χ1v) is 10.5. The molecule has 1 aliphatic rings. The van der Waals surface area contributed by atoms with E-state index in [1.165, 1.54) is 6.20 Å². The van der Waals surface area contributed by atoms with Gasteiger partial charge in [0.2, 0.25) is 0 Å². The minimum absolute atomic E-state index is 0.385. The van der Waals surface area contributed by atoms with Crippen molar-refractivity contribution in [3.8, 4) is 6.07 Å². The highest BCUT2D eigenvalue weighted by Gasteiger charge is 2.23. The lowest BCUT2D eigenvalue weighted by atomic mass is 10.2. The number of halogens is 1. The van der Waals surface area contributed by atoms with E-state index in [9.17, 15) is 9.81 Å². The van der Waals surface area contributed by atoms with Crippen LogP contribution in [0.4, 0.5) is 17.3 Å². The molecule has 1 atom stereocenters. The Bertz CT molecular complexity index is 1040. The van der Waals surface area contributed by atoms with Crippen molar-refractivity contribution in [2.45, 2.75) is 24.6 Å². The molecular weight excluding hydrogens is 384 g/mol. The Morgan fingerprint density at radius 1 is 1.41 bits per heavy atom. The summed E-state index contributed by atoms with van der Waals surface area (Å²) >= 11 is 5.21. The van der Waals surface area contributed by atoms with Gasteiger partial charge in [0.25, 0.3) is 0 Å². The number of benzene rings is 1. The zero-order valence-electron chi connectivity index (χ0n) is 14.6. The highest BCUT2D eigenvalue weighted by atomic mass is 35.5. The number of rotatable bonds is 6. The van der Waals surface area contributed by atoms with Gasteiger partial charge in [-0.2, -0.15) is 14.9 Å². The highest BCUT2D eigenvalue weighted by molar-refractivity contribution is 7.89. The molecule has 2 heterocycles. The lowest BCUT2D eigenvalue weighted by Crippen LogP contribution is -2.09. The van der Waals surface area contributed by atoms with E-state index in [4.69, 9.17) is 11.6 Å². The fourth-order valence-corrected chi connectivity index (χ4v) is 3.72. The number of nitriles is 1. The number of fused-ring (bicyclic) bond motifs is 1. The van der Waals surface area contributed by atoms with E-state index in [-0.39, 0.29) is 0 Å². The standard InChI is InChI=1S/C18H17ClN6OS/c1-27(26)10-11-6-14(4-5-15(11)19)22-16-7-17(23-13-2-3-13)25-18(24-16)12(8-20)9-21-25/h4-7,9,13,23H,2-3,10H2,1H3,(H,22,24)/t27-/m1/s1. The van der Waals surface area contributed by atoms with Gasteiger partial charge >= 0.3 is 0 Å². The van der Waals surface area contributed by atoms with Crippen LogP contribution < -0.4 is 10.6 Å². The van der Waals surface area contributed by atoms with Gasteiger partial charge in [0.15, 0.2) is 5.65 Å². The lowest BCUT2D eigenvalue weighted by Gasteiger charge is -2.13. The summed E-state index contributed by atoms with van der Waals surface area (Å²) in [6, 6.07) is 9.90. The molecule has 2 aromatic heterocycles. The first kappa shape index (κ1) is 17.9. The fraction of sp³-hybridized carbons (Fsp3) is 0.278. The number of anilines is 3. The molecular formula is C18H17ClN6OS. The van der Waals surface area contributed by atoms with Gasteiger partial charge in [-0.05, 0) is 31.0 Å². The number of hydrogen-bond donors (Lipinski definition) is 2. The van der Waals surface area contributed by atoms with Gasteiger partial charge in [-0.1, -0.05) is 22.8 Å². The minimum atomic E-state index is -0.988. The van der Waals surface area contributed by atoms with Crippen LogP contribution >= 0.6 is 11.6 Å². The topological polar surface area (TPSA) is 101 Å². The van der Waals surface area contributed by atoms with Crippen LogP contribution in [0.25, 0.3) is 5.65 Å². The van der Waals surface area contributed by atoms with Crippen molar-refractivity contribution >= 4 is 45.7 Å². The first-order valence-electron chi connectivity index (χ1n) is 8.44. The van der Waals surface area contributed by atoms with Crippen molar-refractivity contribution in [1.29, 1.82) is 5.26 Å². The van der Waals surface area contributed by atoms with E-state index < -0.39 is 11.2 Å². The first-order chi connectivity index (χ1) is 13.0. The van der Waals surface area contributed by atoms with E-state index in [1.54, 1.807) is 16.8 Å². The Hall–Kier alpha value is -2.47. The SMILES string of the molecule is C[S@@+]([O-])Cc1cc(Nc2cc(NC3CC3)n3ncc(C#N)c3n2)ccc1Cl. The largest absolute Gasteiger partial charge is 0.616 e. The van der Waals surface area contributed by atoms with Gasteiger partial charge in [-0.3, -0.25) is 0 Å². The molecule has 3 aromatic rings. The summed E-state index contributed by atoms with van der Waals surface area (Å²) in [5, 5.41) is 20.8. The van der Waals surface area contributed by atoms with Crippen LogP contribution in [0, 0.1) is 11.3 Å². The van der Waals surface area contributed by atoms with Crippen LogP contribution in [0.2, 0.25) is 5.02 Å². The maximum absolute atomic E-state index is 11.5. The summed E-state index contributed by atoms with van der Waals surface area (Å²) in [6.07, 6.45) is 5.40. The monoisotopic (exact) mass is 400 g/mol. The third-order valence-electron chi connectivity index (χ3n) is 4.20. The molecule has 0 saturated heterocycles. The molecule has 0 spiro atoms. The van der Waals surface area contributed by atoms with Crippen molar-refractivity contribution < 1.29 is 4.55 Å². The Labute approximate surface area is 164 Å². The second-order valence-corrected chi connectivity index (χ2v) is 8.34. The van der Waals surface area contributed by atoms with Crippen LogP contribution in [0.5, 0.6) is 0 Å². The summed E-state index contributed by atoms with van der Waals surface area (Å²) in [7, 11) is 0. The predicted octanol–water partition coefficient (Wildman–Crippen LogP) is 3.45. The zero-order valence-corrected chi connectivity index (χ0v) is 16.1. The third-order valence-corrected chi connectivity index (χ3v) is 5.28. The van der Waals surface area contributed by atoms with Crippen LogP contribution in [-0.4, -0.2) is 31.4 Å². The molecule has 0 unspecified atom stereocenters. The van der Waals surface area contributed by atoms with Crippen molar-refractivity contribution in [1.82, 2.24) is 14.6 Å². The highest BCUT2D eigenvalue weighted by Crippen LogP contribution is 2.29. The fourth-order valence-electron chi connectivity index (χ4n) is 2.78. The number of hydrogen-bond acceptors (Lipinski definition) is 6. The van der Waals surface area contributed by atoms with Gasteiger partial charge in [0, 0.05) is 28.4 Å². The minimum Gasteiger partial charge on any atom is -0.616 e. The van der Waals surface area contributed by atoms with E-state index in [0.717, 1.165) is 29.9 Å². The molecule has 0 radical (unpaired) electrons. The molecule has 9 heteroatoms. The number of nitrogens with zero attached hydrogens (tertiary/aromatic N) is 4. The second-order valence-electron chi connectivity index (χ2n) is 6.50. The van der Waals surface area contributed by atoms with Gasteiger partial charge in [-0.25, -0.2) is 4.98 Å². The van der Waals surface area contributed by atoms with Crippen LogP contribution in [0.15, 0.2) is 30.5 Å². The van der Waals surface area contributed by atoms with Crippen LogP contribution in [0.3, 0.4) is 0 Å². The number of nitrogens with one attached hydrogen (secondary N) is 2. The normalized spacial score (nSPS) is 14.7. The van der Waals surface area contributed by atoms with Crippen molar-refractivity contribution in [3.63, 3.8) is 0 Å². The van der Waals surface area contributed by atoms with Crippen molar-refractivity contribution in [2.75, 3.05) is 16.9 Å². The average molecular weight is 401 g/mol. The van der Waals surface area contributed by atoms with Gasteiger partial charge < -0.3 is 15.2 Å². The van der Waals surface area contributed by atoms with Crippen molar-refractivity contribution in [3.05, 3.63) is 46.6 Å². The maximum Gasteiger partial charge on any atom is 0.177 e. The predicted molar refractivity (Wildman–Crippen MR) is 107 cm³/mol. The molecule has 27 heavy (non-hydrogen) atoms. The van der Waals surface area contributed by atoms with Gasteiger partial charge in [0.1, 0.15) is 29.0 Å². The molecule has 1 aromatic carbocycles. The van der Waals surface area contributed by atoms with E-state index in [0.29, 0.717) is 33.8 Å². The van der Waals surface area contributed by atoms with Gasteiger partial charge in [0.05, 0.1) is 12.5 Å². The third kappa shape index (κ3) is 3.95. The number of aromatic nitrogens is 3. The van der Waals surface area contributed by atoms with Crippen LogP contribution in [-0.2, 0) is 16.9 Å². The summed E-state index contributed by atoms with van der Waals surface area (Å²) in [6.45, 7) is 0. The molecule has 1 aliphatic carbocycles. The summed E-state index contributed by atoms with van der Waals surface area (Å²) in [4.78, 5) is 4.54. The molecule has 0 aliphatic heterocycles. The van der Waals surface area contributed by atoms with Crippen molar-refractivity contribution in [2.24, 2.45) is 0 Å².